The van der Waals surface area contributed by atoms with Crippen LogP contribution in [0.3, 0.4) is 0 Å². The highest BCUT2D eigenvalue weighted by molar-refractivity contribution is 7.09. The third-order valence-corrected chi connectivity index (χ3v) is 3.44. The lowest BCUT2D eigenvalue weighted by molar-refractivity contribution is 0.103. The van der Waals surface area contributed by atoms with Crippen molar-refractivity contribution < 1.29 is 14.3 Å². The Balaban J connectivity index is 2.37. The van der Waals surface area contributed by atoms with Crippen LogP contribution >= 0.6 is 11.3 Å². The largest absolute Gasteiger partial charge is 0.497 e. The summed E-state index contributed by atoms with van der Waals surface area (Å²) in [7, 11) is 3.08. The van der Waals surface area contributed by atoms with Crippen LogP contribution in [0.25, 0.3) is 0 Å². The molecule has 2 rings (SSSR count). The highest BCUT2D eigenvalue weighted by atomic mass is 32.1. The SMILES string of the molecule is COc1cc(OC)cc(C(=O)c2csc(CN)n2)c1. The molecule has 1 heterocycles. The first-order chi connectivity index (χ1) is 9.17. The zero-order chi connectivity index (χ0) is 13.8. The minimum absolute atomic E-state index is 0.173. The van der Waals surface area contributed by atoms with E-state index in [1.165, 1.54) is 11.3 Å². The van der Waals surface area contributed by atoms with Gasteiger partial charge in [0, 0.05) is 23.6 Å². The van der Waals surface area contributed by atoms with Crippen molar-refractivity contribution in [1.29, 1.82) is 0 Å². The molecule has 0 fully saturated rings. The molecule has 0 aliphatic carbocycles. The number of benzene rings is 1. The summed E-state index contributed by atoms with van der Waals surface area (Å²) in [4.78, 5) is 16.5. The fourth-order valence-electron chi connectivity index (χ4n) is 1.60. The van der Waals surface area contributed by atoms with Crippen molar-refractivity contribution >= 4 is 17.1 Å². The zero-order valence-corrected chi connectivity index (χ0v) is 11.5. The van der Waals surface area contributed by atoms with Gasteiger partial charge in [0.05, 0.1) is 14.2 Å². The van der Waals surface area contributed by atoms with Crippen molar-refractivity contribution in [2.75, 3.05) is 14.2 Å². The number of aromatic nitrogens is 1. The first kappa shape index (κ1) is 13.5. The Morgan fingerprint density at radius 3 is 2.37 bits per heavy atom. The maximum atomic E-state index is 12.3. The van der Waals surface area contributed by atoms with Crippen molar-refractivity contribution in [3.05, 3.63) is 39.8 Å². The summed E-state index contributed by atoms with van der Waals surface area (Å²) in [6, 6.07) is 5.03. The van der Waals surface area contributed by atoms with Gasteiger partial charge < -0.3 is 15.2 Å². The van der Waals surface area contributed by atoms with Crippen LogP contribution in [0.15, 0.2) is 23.6 Å². The zero-order valence-electron chi connectivity index (χ0n) is 10.7. The maximum absolute atomic E-state index is 12.3. The van der Waals surface area contributed by atoms with E-state index < -0.39 is 0 Å². The Bertz CT molecular complexity index is 573. The molecule has 1 aromatic carbocycles. The Hall–Kier alpha value is -1.92. The summed E-state index contributed by atoms with van der Waals surface area (Å²) in [6.07, 6.45) is 0. The summed E-state index contributed by atoms with van der Waals surface area (Å²) in [6.45, 7) is 0.333. The molecule has 0 bridgehead atoms. The van der Waals surface area contributed by atoms with E-state index in [4.69, 9.17) is 15.2 Å². The molecule has 2 aromatic rings. The molecular formula is C13H14N2O3S. The second kappa shape index (κ2) is 5.81. The smallest absolute Gasteiger partial charge is 0.212 e. The van der Waals surface area contributed by atoms with Gasteiger partial charge in [0.2, 0.25) is 5.78 Å². The van der Waals surface area contributed by atoms with Gasteiger partial charge in [0.25, 0.3) is 0 Å². The van der Waals surface area contributed by atoms with Crippen LogP contribution in [0.1, 0.15) is 21.1 Å². The van der Waals surface area contributed by atoms with E-state index in [2.05, 4.69) is 4.98 Å². The lowest BCUT2D eigenvalue weighted by Gasteiger charge is -2.06. The second-order valence-electron chi connectivity index (χ2n) is 3.76. The summed E-state index contributed by atoms with van der Waals surface area (Å²) >= 11 is 1.37. The van der Waals surface area contributed by atoms with E-state index in [-0.39, 0.29) is 5.78 Å². The topological polar surface area (TPSA) is 74.4 Å². The van der Waals surface area contributed by atoms with E-state index >= 15 is 0 Å². The van der Waals surface area contributed by atoms with Gasteiger partial charge in [0.15, 0.2) is 0 Å². The Kier molecular flexibility index (Phi) is 4.13. The second-order valence-corrected chi connectivity index (χ2v) is 4.70. The van der Waals surface area contributed by atoms with Gasteiger partial charge >= 0.3 is 0 Å². The van der Waals surface area contributed by atoms with E-state index in [1.807, 2.05) is 0 Å². The molecule has 6 heteroatoms. The predicted molar refractivity (Wildman–Crippen MR) is 73.0 cm³/mol. The molecule has 19 heavy (non-hydrogen) atoms. The summed E-state index contributed by atoms with van der Waals surface area (Å²) in [5.74, 6) is 0.960. The molecule has 100 valence electrons. The molecule has 5 nitrogen and oxygen atoms in total. The van der Waals surface area contributed by atoms with Crippen LogP contribution in [-0.4, -0.2) is 25.0 Å². The number of hydrogen-bond acceptors (Lipinski definition) is 6. The summed E-state index contributed by atoms with van der Waals surface area (Å²) in [5.41, 5.74) is 6.36. The molecule has 1 aromatic heterocycles. The number of carbonyl (C=O) groups excluding carboxylic acids is 1. The molecule has 0 unspecified atom stereocenters. The lowest BCUT2D eigenvalue weighted by atomic mass is 10.1. The number of rotatable bonds is 5. The average molecular weight is 278 g/mol. The third-order valence-electron chi connectivity index (χ3n) is 2.57. The number of nitrogens with zero attached hydrogens (tertiary/aromatic N) is 1. The molecule has 0 saturated heterocycles. The van der Waals surface area contributed by atoms with Gasteiger partial charge in [-0.3, -0.25) is 4.79 Å². The lowest BCUT2D eigenvalue weighted by Crippen LogP contribution is -2.04. The average Bonchev–Trinajstić information content (AvgIpc) is 2.94. The van der Waals surface area contributed by atoms with E-state index in [0.717, 1.165) is 5.01 Å². The van der Waals surface area contributed by atoms with E-state index in [0.29, 0.717) is 29.3 Å². The summed E-state index contributed by atoms with van der Waals surface area (Å²) in [5, 5.41) is 2.44. The molecular weight excluding hydrogens is 264 g/mol. The number of ketones is 1. The number of methoxy groups -OCH3 is 2. The fraction of sp³-hybridized carbons (Fsp3) is 0.231. The minimum Gasteiger partial charge on any atom is -0.497 e. The number of thiazole rings is 1. The molecule has 0 aliphatic heterocycles. The maximum Gasteiger partial charge on any atom is 0.212 e. The molecule has 0 radical (unpaired) electrons. The number of carbonyl (C=O) groups is 1. The van der Waals surface area contributed by atoms with Gasteiger partial charge in [-0.05, 0) is 12.1 Å². The van der Waals surface area contributed by atoms with Crippen molar-refractivity contribution in [2.45, 2.75) is 6.54 Å². The molecule has 0 atom stereocenters. The van der Waals surface area contributed by atoms with Gasteiger partial charge in [-0.15, -0.1) is 11.3 Å². The van der Waals surface area contributed by atoms with E-state index in [9.17, 15) is 4.79 Å². The predicted octanol–water partition coefficient (Wildman–Crippen LogP) is 1.85. The molecule has 0 amide bonds. The monoisotopic (exact) mass is 278 g/mol. The van der Waals surface area contributed by atoms with Crippen LogP contribution < -0.4 is 15.2 Å². The Morgan fingerprint density at radius 1 is 1.26 bits per heavy atom. The van der Waals surface area contributed by atoms with Crippen LogP contribution in [0.4, 0.5) is 0 Å². The van der Waals surface area contributed by atoms with Gasteiger partial charge in [-0.25, -0.2) is 4.98 Å². The van der Waals surface area contributed by atoms with Crippen molar-refractivity contribution in [1.82, 2.24) is 4.98 Å². The highest BCUT2D eigenvalue weighted by Crippen LogP contribution is 2.24. The van der Waals surface area contributed by atoms with Crippen molar-refractivity contribution in [2.24, 2.45) is 5.73 Å². The normalized spacial score (nSPS) is 10.3. The van der Waals surface area contributed by atoms with Crippen LogP contribution in [0.2, 0.25) is 0 Å². The van der Waals surface area contributed by atoms with Gasteiger partial charge in [0.1, 0.15) is 22.2 Å². The van der Waals surface area contributed by atoms with Crippen LogP contribution in [0, 0.1) is 0 Å². The minimum atomic E-state index is -0.173. The third kappa shape index (κ3) is 2.91. The number of nitrogens with two attached hydrogens (primary N) is 1. The first-order valence-electron chi connectivity index (χ1n) is 5.60. The molecule has 0 saturated carbocycles. The van der Waals surface area contributed by atoms with Gasteiger partial charge in [-0.1, -0.05) is 0 Å². The molecule has 0 spiro atoms. The Morgan fingerprint density at radius 2 is 1.89 bits per heavy atom. The molecule has 0 aliphatic rings. The molecule has 2 N–H and O–H groups in total. The standard InChI is InChI=1S/C13H14N2O3S/c1-17-9-3-8(4-10(5-9)18-2)13(16)11-7-19-12(6-14)15-11/h3-5,7H,6,14H2,1-2H3. The van der Waals surface area contributed by atoms with Crippen molar-refractivity contribution in [3.8, 4) is 11.5 Å². The quantitative estimate of drug-likeness (QED) is 0.845. The van der Waals surface area contributed by atoms with Gasteiger partial charge in [-0.2, -0.15) is 0 Å². The highest BCUT2D eigenvalue weighted by Gasteiger charge is 2.15. The first-order valence-corrected chi connectivity index (χ1v) is 6.48. The van der Waals surface area contributed by atoms with Crippen molar-refractivity contribution in [3.63, 3.8) is 0 Å². The fourth-order valence-corrected chi connectivity index (χ4v) is 2.25. The number of hydrogen-bond donors (Lipinski definition) is 1. The Labute approximate surface area is 115 Å². The van der Waals surface area contributed by atoms with Crippen LogP contribution in [-0.2, 0) is 6.54 Å². The van der Waals surface area contributed by atoms with E-state index in [1.54, 1.807) is 37.8 Å². The van der Waals surface area contributed by atoms with Crippen LogP contribution in [0.5, 0.6) is 11.5 Å². The number of ether oxygens (including phenoxy) is 2. The summed E-state index contributed by atoms with van der Waals surface area (Å²) < 4.78 is 10.3.